The highest BCUT2D eigenvalue weighted by Crippen LogP contribution is 2.27. The Labute approximate surface area is 178 Å². The van der Waals surface area contributed by atoms with Gasteiger partial charge in [-0.05, 0) is 55.2 Å². The standard InChI is InChI=1S/C25H26N2O2S/c1-20-9-15-24(16-10-20)30(28,29)26-19-25(21-7-3-2-4-8-21)22-11-13-23(14-12-22)27-17-5-6-18-27/h2-4,7-16,19,26H,5-6,17-18H2,1H3. The molecule has 0 spiro atoms. The van der Waals surface area contributed by atoms with Crippen LogP contribution >= 0.6 is 0 Å². The Morgan fingerprint density at radius 3 is 2.07 bits per heavy atom. The zero-order valence-corrected chi connectivity index (χ0v) is 17.9. The second-order valence-electron chi connectivity index (χ2n) is 7.60. The maximum atomic E-state index is 12.8. The van der Waals surface area contributed by atoms with Crippen LogP contribution in [0.5, 0.6) is 0 Å². The van der Waals surface area contributed by atoms with Crippen LogP contribution in [0.2, 0.25) is 0 Å². The maximum Gasteiger partial charge on any atom is 0.261 e. The van der Waals surface area contributed by atoms with Gasteiger partial charge in [0, 0.05) is 30.5 Å². The van der Waals surface area contributed by atoms with E-state index in [9.17, 15) is 8.42 Å². The van der Waals surface area contributed by atoms with Crippen molar-refractivity contribution in [2.45, 2.75) is 24.7 Å². The van der Waals surface area contributed by atoms with Gasteiger partial charge in [0.2, 0.25) is 0 Å². The molecular formula is C25H26N2O2S. The molecule has 0 saturated carbocycles. The fraction of sp³-hybridized carbons (Fsp3) is 0.200. The highest BCUT2D eigenvalue weighted by atomic mass is 32.2. The van der Waals surface area contributed by atoms with Gasteiger partial charge in [-0.2, -0.15) is 0 Å². The van der Waals surface area contributed by atoms with Crippen LogP contribution in [0.1, 0.15) is 29.5 Å². The minimum Gasteiger partial charge on any atom is -0.372 e. The van der Waals surface area contributed by atoms with E-state index in [0.717, 1.165) is 35.4 Å². The SMILES string of the molecule is Cc1ccc(S(=O)(=O)NC=C(c2ccccc2)c2ccc(N3CCCC3)cc2)cc1. The van der Waals surface area contributed by atoms with Crippen LogP contribution < -0.4 is 9.62 Å². The number of aryl methyl sites for hydroxylation is 1. The number of hydrogen-bond donors (Lipinski definition) is 1. The van der Waals surface area contributed by atoms with Crippen molar-refractivity contribution in [1.82, 2.24) is 4.72 Å². The van der Waals surface area contributed by atoms with E-state index < -0.39 is 10.0 Å². The smallest absolute Gasteiger partial charge is 0.261 e. The van der Waals surface area contributed by atoms with Gasteiger partial charge in [0.05, 0.1) is 4.90 Å². The van der Waals surface area contributed by atoms with Crippen LogP contribution in [0.15, 0.2) is 90.0 Å². The van der Waals surface area contributed by atoms with Crippen molar-refractivity contribution < 1.29 is 8.42 Å². The summed E-state index contributed by atoms with van der Waals surface area (Å²) in [6.07, 6.45) is 4.06. The lowest BCUT2D eigenvalue weighted by atomic mass is 9.99. The fourth-order valence-electron chi connectivity index (χ4n) is 3.70. The number of rotatable bonds is 6. The van der Waals surface area contributed by atoms with Gasteiger partial charge < -0.3 is 4.90 Å². The predicted octanol–water partition coefficient (Wildman–Crippen LogP) is 4.96. The van der Waals surface area contributed by atoms with Gasteiger partial charge in [-0.1, -0.05) is 60.2 Å². The van der Waals surface area contributed by atoms with Gasteiger partial charge in [0.25, 0.3) is 10.0 Å². The van der Waals surface area contributed by atoms with Gasteiger partial charge >= 0.3 is 0 Å². The van der Waals surface area contributed by atoms with Crippen LogP contribution in [0.3, 0.4) is 0 Å². The van der Waals surface area contributed by atoms with Crippen LogP contribution in [-0.4, -0.2) is 21.5 Å². The molecule has 30 heavy (non-hydrogen) atoms. The van der Waals surface area contributed by atoms with Crippen molar-refractivity contribution in [1.29, 1.82) is 0 Å². The third kappa shape index (κ3) is 4.57. The molecule has 0 atom stereocenters. The summed E-state index contributed by atoms with van der Waals surface area (Å²) < 4.78 is 28.2. The summed E-state index contributed by atoms with van der Waals surface area (Å²) in [5.74, 6) is 0. The summed E-state index contributed by atoms with van der Waals surface area (Å²) in [4.78, 5) is 2.64. The monoisotopic (exact) mass is 418 g/mol. The third-order valence-electron chi connectivity index (χ3n) is 5.42. The van der Waals surface area contributed by atoms with Gasteiger partial charge in [-0.15, -0.1) is 0 Å². The molecule has 1 N–H and O–H groups in total. The van der Waals surface area contributed by atoms with Crippen molar-refractivity contribution in [3.05, 3.63) is 102 Å². The van der Waals surface area contributed by atoms with Gasteiger partial charge in [0.1, 0.15) is 0 Å². The van der Waals surface area contributed by atoms with Gasteiger partial charge in [-0.3, -0.25) is 4.72 Å². The molecule has 1 fully saturated rings. The summed E-state index contributed by atoms with van der Waals surface area (Å²) in [7, 11) is -3.64. The first kappa shape index (κ1) is 20.2. The van der Waals surface area contributed by atoms with Gasteiger partial charge in [0.15, 0.2) is 0 Å². The summed E-state index contributed by atoms with van der Waals surface area (Å²) >= 11 is 0. The van der Waals surface area contributed by atoms with Crippen LogP contribution in [0.4, 0.5) is 5.69 Å². The number of nitrogens with zero attached hydrogens (tertiary/aromatic N) is 1. The van der Waals surface area contributed by atoms with E-state index in [0.29, 0.717) is 0 Å². The second kappa shape index (κ2) is 8.76. The predicted molar refractivity (Wildman–Crippen MR) is 123 cm³/mol. The fourth-order valence-corrected chi connectivity index (χ4v) is 4.60. The summed E-state index contributed by atoms with van der Waals surface area (Å²) in [5.41, 5.74) is 4.99. The number of benzene rings is 3. The Morgan fingerprint density at radius 1 is 0.833 bits per heavy atom. The van der Waals surface area contributed by atoms with Crippen LogP contribution in [0, 0.1) is 6.92 Å². The molecule has 0 radical (unpaired) electrons. The van der Waals surface area contributed by atoms with Crippen molar-refractivity contribution in [3.8, 4) is 0 Å². The van der Waals surface area contributed by atoms with Crippen molar-refractivity contribution in [2.24, 2.45) is 0 Å². The lowest BCUT2D eigenvalue weighted by Gasteiger charge is -2.18. The van der Waals surface area contributed by atoms with E-state index in [1.165, 1.54) is 18.5 Å². The number of hydrogen-bond acceptors (Lipinski definition) is 3. The van der Waals surface area contributed by atoms with Crippen molar-refractivity contribution in [2.75, 3.05) is 18.0 Å². The van der Waals surface area contributed by atoms with E-state index in [2.05, 4.69) is 33.9 Å². The molecule has 4 nitrogen and oxygen atoms in total. The van der Waals surface area contributed by atoms with Crippen molar-refractivity contribution in [3.63, 3.8) is 0 Å². The average Bonchev–Trinajstić information content (AvgIpc) is 3.30. The van der Waals surface area contributed by atoms with Crippen LogP contribution in [0.25, 0.3) is 5.57 Å². The minimum atomic E-state index is -3.64. The molecule has 0 bridgehead atoms. The molecular weight excluding hydrogens is 392 g/mol. The first-order chi connectivity index (χ1) is 14.5. The molecule has 4 rings (SSSR count). The first-order valence-electron chi connectivity index (χ1n) is 10.2. The van der Waals surface area contributed by atoms with E-state index >= 15 is 0 Å². The molecule has 0 unspecified atom stereocenters. The first-order valence-corrected chi connectivity index (χ1v) is 11.7. The maximum absolute atomic E-state index is 12.8. The highest BCUT2D eigenvalue weighted by molar-refractivity contribution is 7.89. The number of anilines is 1. The molecule has 3 aromatic carbocycles. The molecule has 0 amide bonds. The summed E-state index contributed by atoms with van der Waals surface area (Å²) in [5, 5.41) is 0. The largest absolute Gasteiger partial charge is 0.372 e. The molecule has 3 aromatic rings. The Morgan fingerprint density at radius 2 is 1.43 bits per heavy atom. The molecule has 1 saturated heterocycles. The summed E-state index contributed by atoms with van der Waals surface area (Å²) in [6.45, 7) is 4.12. The van der Waals surface area contributed by atoms with E-state index in [1.807, 2.05) is 37.3 Å². The topological polar surface area (TPSA) is 49.4 Å². The number of nitrogens with one attached hydrogen (secondary N) is 1. The normalized spacial score (nSPS) is 14.7. The Kier molecular flexibility index (Phi) is 5.91. The molecule has 1 aliphatic heterocycles. The molecule has 0 aliphatic carbocycles. The number of sulfonamides is 1. The highest BCUT2D eigenvalue weighted by Gasteiger charge is 2.15. The van der Waals surface area contributed by atoms with E-state index in [-0.39, 0.29) is 4.90 Å². The molecule has 5 heteroatoms. The third-order valence-corrected chi connectivity index (χ3v) is 6.74. The van der Waals surface area contributed by atoms with E-state index in [4.69, 9.17) is 0 Å². The zero-order chi connectivity index (χ0) is 21.0. The Hall–Kier alpha value is -3.05. The average molecular weight is 419 g/mol. The quantitative estimate of drug-likeness (QED) is 0.615. The Bertz CT molecular complexity index is 1110. The van der Waals surface area contributed by atoms with Gasteiger partial charge in [-0.25, -0.2) is 8.42 Å². The molecule has 1 heterocycles. The van der Waals surface area contributed by atoms with E-state index in [1.54, 1.807) is 30.5 Å². The second-order valence-corrected chi connectivity index (χ2v) is 9.31. The molecule has 154 valence electrons. The lowest BCUT2D eigenvalue weighted by molar-refractivity contribution is 0.590. The molecule has 1 aliphatic rings. The van der Waals surface area contributed by atoms with Crippen molar-refractivity contribution >= 4 is 21.3 Å². The summed E-state index contributed by atoms with van der Waals surface area (Å²) in [6, 6.07) is 25.0. The Balaban J connectivity index is 1.65. The molecule has 0 aromatic heterocycles. The minimum absolute atomic E-state index is 0.251. The zero-order valence-electron chi connectivity index (χ0n) is 17.1. The lowest BCUT2D eigenvalue weighted by Crippen LogP contribution is -2.19. The van der Waals surface area contributed by atoms with Crippen LogP contribution in [-0.2, 0) is 10.0 Å².